The second-order valence-corrected chi connectivity index (χ2v) is 5.51. The number of rotatable bonds is 4. The van der Waals surface area contributed by atoms with Gasteiger partial charge in [-0.2, -0.15) is 0 Å². The standard InChI is InChI=1S/C15H23NO/c1-15(16,13-5-3-4-6-13)11-12-7-9-14(17-2)10-8-12/h7-10,13H,3-6,11,16H2,1-2H3. The summed E-state index contributed by atoms with van der Waals surface area (Å²) in [6.07, 6.45) is 6.24. The highest BCUT2D eigenvalue weighted by Gasteiger charge is 2.32. The molecule has 0 spiro atoms. The van der Waals surface area contributed by atoms with E-state index in [9.17, 15) is 0 Å². The molecule has 2 N–H and O–H groups in total. The van der Waals surface area contributed by atoms with Crippen molar-refractivity contribution in [2.45, 2.75) is 44.6 Å². The van der Waals surface area contributed by atoms with Gasteiger partial charge in [0.2, 0.25) is 0 Å². The van der Waals surface area contributed by atoms with Crippen LogP contribution in [0.3, 0.4) is 0 Å². The average molecular weight is 233 g/mol. The lowest BCUT2D eigenvalue weighted by Gasteiger charge is -2.31. The van der Waals surface area contributed by atoms with Gasteiger partial charge in [-0.25, -0.2) is 0 Å². The minimum absolute atomic E-state index is 0.0644. The van der Waals surface area contributed by atoms with Crippen molar-refractivity contribution < 1.29 is 4.74 Å². The average Bonchev–Trinajstić information content (AvgIpc) is 2.84. The largest absolute Gasteiger partial charge is 0.497 e. The third-order valence-electron chi connectivity index (χ3n) is 4.03. The molecule has 1 saturated carbocycles. The summed E-state index contributed by atoms with van der Waals surface area (Å²) >= 11 is 0. The molecule has 1 atom stereocenters. The molecule has 2 heteroatoms. The Labute approximate surface area is 104 Å². The first-order valence-electron chi connectivity index (χ1n) is 6.53. The zero-order chi connectivity index (χ0) is 12.3. The van der Waals surface area contributed by atoms with Gasteiger partial charge in [-0.05, 0) is 49.8 Å². The Morgan fingerprint density at radius 3 is 2.35 bits per heavy atom. The van der Waals surface area contributed by atoms with Crippen LogP contribution in [0.2, 0.25) is 0 Å². The Bertz CT molecular complexity index is 350. The van der Waals surface area contributed by atoms with Gasteiger partial charge in [0.1, 0.15) is 5.75 Å². The smallest absolute Gasteiger partial charge is 0.118 e. The molecule has 94 valence electrons. The van der Waals surface area contributed by atoms with Gasteiger partial charge >= 0.3 is 0 Å². The van der Waals surface area contributed by atoms with Gasteiger partial charge in [0, 0.05) is 5.54 Å². The predicted octanol–water partition coefficient (Wildman–Crippen LogP) is 3.15. The Balaban J connectivity index is 2.02. The van der Waals surface area contributed by atoms with Crippen molar-refractivity contribution in [2.75, 3.05) is 7.11 Å². The van der Waals surface area contributed by atoms with E-state index < -0.39 is 0 Å². The monoisotopic (exact) mass is 233 g/mol. The number of nitrogens with two attached hydrogens (primary N) is 1. The van der Waals surface area contributed by atoms with Gasteiger partial charge in [-0.3, -0.25) is 0 Å². The highest BCUT2D eigenvalue weighted by atomic mass is 16.5. The molecule has 0 heterocycles. The molecule has 0 bridgehead atoms. The van der Waals surface area contributed by atoms with E-state index in [4.69, 9.17) is 10.5 Å². The van der Waals surface area contributed by atoms with E-state index in [0.717, 1.165) is 12.2 Å². The molecule has 1 aliphatic carbocycles. The van der Waals surface area contributed by atoms with Crippen LogP contribution in [-0.2, 0) is 6.42 Å². The highest BCUT2D eigenvalue weighted by molar-refractivity contribution is 5.28. The van der Waals surface area contributed by atoms with Crippen molar-refractivity contribution in [1.29, 1.82) is 0 Å². The lowest BCUT2D eigenvalue weighted by Crippen LogP contribution is -2.45. The Kier molecular flexibility index (Phi) is 3.72. The maximum absolute atomic E-state index is 6.49. The van der Waals surface area contributed by atoms with Gasteiger partial charge in [-0.15, -0.1) is 0 Å². The summed E-state index contributed by atoms with van der Waals surface area (Å²) in [4.78, 5) is 0. The third-order valence-corrected chi connectivity index (χ3v) is 4.03. The fourth-order valence-corrected chi connectivity index (χ4v) is 2.91. The topological polar surface area (TPSA) is 35.2 Å². The van der Waals surface area contributed by atoms with Crippen LogP contribution < -0.4 is 10.5 Å². The first-order chi connectivity index (χ1) is 8.12. The Hall–Kier alpha value is -1.02. The van der Waals surface area contributed by atoms with E-state index in [1.807, 2.05) is 12.1 Å². The molecule has 1 aromatic rings. The number of ether oxygens (including phenoxy) is 1. The SMILES string of the molecule is COc1ccc(CC(C)(N)C2CCCC2)cc1. The molecule has 17 heavy (non-hydrogen) atoms. The fraction of sp³-hybridized carbons (Fsp3) is 0.600. The molecule has 0 saturated heterocycles. The van der Waals surface area contributed by atoms with E-state index >= 15 is 0 Å². The number of benzene rings is 1. The molecule has 1 fully saturated rings. The molecular formula is C15H23NO. The van der Waals surface area contributed by atoms with E-state index in [2.05, 4.69) is 19.1 Å². The minimum Gasteiger partial charge on any atom is -0.497 e. The molecule has 1 aromatic carbocycles. The number of methoxy groups -OCH3 is 1. The van der Waals surface area contributed by atoms with Gasteiger partial charge in [0.05, 0.1) is 7.11 Å². The van der Waals surface area contributed by atoms with Crippen LogP contribution in [0.5, 0.6) is 5.75 Å². The van der Waals surface area contributed by atoms with Gasteiger partial charge in [0.25, 0.3) is 0 Å². The zero-order valence-electron chi connectivity index (χ0n) is 10.9. The molecule has 1 unspecified atom stereocenters. The second-order valence-electron chi connectivity index (χ2n) is 5.51. The first kappa shape index (κ1) is 12.4. The van der Waals surface area contributed by atoms with Gasteiger partial charge in [0.15, 0.2) is 0 Å². The summed E-state index contributed by atoms with van der Waals surface area (Å²) in [5, 5.41) is 0. The minimum atomic E-state index is -0.0644. The van der Waals surface area contributed by atoms with Crippen LogP contribution in [0.4, 0.5) is 0 Å². The van der Waals surface area contributed by atoms with Crippen molar-refractivity contribution in [3.05, 3.63) is 29.8 Å². The summed E-state index contributed by atoms with van der Waals surface area (Å²) in [7, 11) is 1.70. The van der Waals surface area contributed by atoms with Crippen molar-refractivity contribution in [1.82, 2.24) is 0 Å². The summed E-state index contributed by atoms with van der Waals surface area (Å²) in [6, 6.07) is 8.28. The summed E-state index contributed by atoms with van der Waals surface area (Å²) in [5.74, 6) is 1.60. The Morgan fingerprint density at radius 1 is 1.24 bits per heavy atom. The Morgan fingerprint density at radius 2 is 1.82 bits per heavy atom. The summed E-state index contributed by atoms with van der Waals surface area (Å²) in [5.41, 5.74) is 7.74. The van der Waals surface area contributed by atoms with Crippen molar-refractivity contribution in [2.24, 2.45) is 11.7 Å². The second kappa shape index (κ2) is 5.09. The van der Waals surface area contributed by atoms with E-state index in [0.29, 0.717) is 5.92 Å². The lowest BCUT2D eigenvalue weighted by molar-refractivity contribution is 0.298. The number of hydrogen-bond donors (Lipinski definition) is 1. The maximum atomic E-state index is 6.49. The van der Waals surface area contributed by atoms with Gasteiger partial charge in [-0.1, -0.05) is 25.0 Å². The zero-order valence-corrected chi connectivity index (χ0v) is 10.9. The highest BCUT2D eigenvalue weighted by Crippen LogP contribution is 2.34. The van der Waals surface area contributed by atoms with Crippen LogP contribution >= 0.6 is 0 Å². The quantitative estimate of drug-likeness (QED) is 0.867. The molecular weight excluding hydrogens is 210 g/mol. The van der Waals surface area contributed by atoms with Crippen molar-refractivity contribution in [3.8, 4) is 5.75 Å². The predicted molar refractivity (Wildman–Crippen MR) is 71.2 cm³/mol. The molecule has 2 rings (SSSR count). The summed E-state index contributed by atoms with van der Waals surface area (Å²) < 4.78 is 5.17. The van der Waals surface area contributed by atoms with Gasteiger partial charge < -0.3 is 10.5 Å². The van der Waals surface area contributed by atoms with Crippen LogP contribution in [-0.4, -0.2) is 12.6 Å². The van der Waals surface area contributed by atoms with E-state index in [-0.39, 0.29) is 5.54 Å². The molecule has 0 aromatic heterocycles. The van der Waals surface area contributed by atoms with Crippen LogP contribution in [0.15, 0.2) is 24.3 Å². The number of hydrogen-bond acceptors (Lipinski definition) is 2. The first-order valence-corrected chi connectivity index (χ1v) is 6.53. The van der Waals surface area contributed by atoms with Crippen LogP contribution in [0, 0.1) is 5.92 Å². The summed E-state index contributed by atoms with van der Waals surface area (Å²) in [6.45, 7) is 2.20. The maximum Gasteiger partial charge on any atom is 0.118 e. The molecule has 0 amide bonds. The molecule has 2 nitrogen and oxygen atoms in total. The van der Waals surface area contributed by atoms with Crippen molar-refractivity contribution in [3.63, 3.8) is 0 Å². The lowest BCUT2D eigenvalue weighted by atomic mass is 9.80. The van der Waals surface area contributed by atoms with Crippen molar-refractivity contribution >= 4 is 0 Å². The van der Waals surface area contributed by atoms with Crippen LogP contribution in [0.1, 0.15) is 38.2 Å². The fourth-order valence-electron chi connectivity index (χ4n) is 2.91. The third kappa shape index (κ3) is 3.01. The van der Waals surface area contributed by atoms with E-state index in [1.165, 1.54) is 31.2 Å². The molecule has 0 radical (unpaired) electrons. The molecule has 1 aliphatic rings. The molecule has 0 aliphatic heterocycles. The van der Waals surface area contributed by atoms with Crippen LogP contribution in [0.25, 0.3) is 0 Å². The van der Waals surface area contributed by atoms with E-state index in [1.54, 1.807) is 7.11 Å². The normalized spacial score (nSPS) is 20.2.